The summed E-state index contributed by atoms with van der Waals surface area (Å²) in [6.07, 6.45) is 4.64. The zero-order chi connectivity index (χ0) is 10.7. The predicted molar refractivity (Wildman–Crippen MR) is 62.8 cm³/mol. The molecule has 1 unspecified atom stereocenters. The Labute approximate surface area is 94.8 Å². The van der Waals surface area contributed by atoms with Gasteiger partial charge in [0.15, 0.2) is 0 Å². The van der Waals surface area contributed by atoms with Crippen LogP contribution in [0.4, 0.5) is 0 Å². The molecule has 0 radical (unpaired) electrons. The van der Waals surface area contributed by atoms with Gasteiger partial charge in [-0.15, -0.1) is 5.10 Å². The van der Waals surface area contributed by atoms with E-state index in [9.17, 15) is 0 Å². The minimum atomic E-state index is 0.433. The summed E-state index contributed by atoms with van der Waals surface area (Å²) in [6.45, 7) is 4.23. The zero-order valence-corrected chi connectivity index (χ0v) is 10.2. The van der Waals surface area contributed by atoms with E-state index in [1.54, 1.807) is 4.68 Å². The van der Waals surface area contributed by atoms with Crippen molar-refractivity contribution in [2.45, 2.75) is 31.1 Å². The van der Waals surface area contributed by atoms with Crippen LogP contribution in [0.5, 0.6) is 0 Å². The van der Waals surface area contributed by atoms with Crippen LogP contribution >= 0.6 is 11.8 Å². The lowest BCUT2D eigenvalue weighted by molar-refractivity contribution is 0.533. The Bertz CT molecular complexity index is 317. The van der Waals surface area contributed by atoms with Gasteiger partial charge in [-0.2, -0.15) is 11.8 Å². The number of hydrogen-bond donors (Lipinski definition) is 1. The molecule has 1 aromatic heterocycles. The van der Waals surface area contributed by atoms with Crippen LogP contribution < -0.4 is 5.32 Å². The molecule has 0 aromatic carbocycles. The fraction of sp³-hybridized carbons (Fsp3) is 0.800. The quantitative estimate of drug-likeness (QED) is 0.837. The van der Waals surface area contributed by atoms with Crippen LogP contribution in [0.1, 0.15) is 25.5 Å². The molecular weight excluding hydrogens is 208 g/mol. The summed E-state index contributed by atoms with van der Waals surface area (Å²) in [5.41, 5.74) is 1.02. The second kappa shape index (κ2) is 4.53. The monoisotopic (exact) mass is 226 g/mol. The largest absolute Gasteiger partial charge is 0.310 e. The Balaban J connectivity index is 1.75. The van der Waals surface area contributed by atoms with Crippen LogP contribution in [0, 0.1) is 0 Å². The molecule has 0 aliphatic carbocycles. The van der Waals surface area contributed by atoms with Gasteiger partial charge in [0.2, 0.25) is 0 Å². The van der Waals surface area contributed by atoms with Gasteiger partial charge in [-0.1, -0.05) is 5.21 Å². The zero-order valence-electron chi connectivity index (χ0n) is 9.36. The molecule has 1 N–H and O–H groups in total. The predicted octanol–water partition coefficient (Wildman–Crippen LogP) is 1.19. The summed E-state index contributed by atoms with van der Waals surface area (Å²) in [7, 11) is 1.89. The maximum absolute atomic E-state index is 4.05. The topological polar surface area (TPSA) is 42.7 Å². The van der Waals surface area contributed by atoms with E-state index in [2.05, 4.69) is 34.3 Å². The molecule has 0 bridgehead atoms. The average molecular weight is 226 g/mol. The first kappa shape index (κ1) is 11.0. The van der Waals surface area contributed by atoms with Crippen molar-refractivity contribution in [3.8, 4) is 0 Å². The van der Waals surface area contributed by atoms with Crippen molar-refractivity contribution in [2.75, 3.05) is 12.3 Å². The SMILES string of the molecule is Cn1cc(CNCC2(C)CCCS2)nn1. The van der Waals surface area contributed by atoms with E-state index in [-0.39, 0.29) is 0 Å². The highest BCUT2D eigenvalue weighted by molar-refractivity contribution is 8.00. The first-order valence-electron chi connectivity index (χ1n) is 5.38. The fourth-order valence-corrected chi connectivity index (χ4v) is 3.18. The first-order chi connectivity index (χ1) is 7.18. The van der Waals surface area contributed by atoms with E-state index in [0.29, 0.717) is 4.75 Å². The highest BCUT2D eigenvalue weighted by Gasteiger charge is 2.28. The Hall–Kier alpha value is -0.550. The molecule has 4 nitrogen and oxygen atoms in total. The van der Waals surface area contributed by atoms with E-state index in [1.165, 1.54) is 18.6 Å². The molecular formula is C10H18N4S. The maximum atomic E-state index is 4.05. The summed E-state index contributed by atoms with van der Waals surface area (Å²) in [6, 6.07) is 0. The normalized spacial score (nSPS) is 26.0. The van der Waals surface area contributed by atoms with Crippen molar-refractivity contribution in [3.63, 3.8) is 0 Å². The van der Waals surface area contributed by atoms with Crippen LogP contribution in [-0.2, 0) is 13.6 Å². The van der Waals surface area contributed by atoms with Crippen LogP contribution in [0.15, 0.2) is 6.20 Å². The van der Waals surface area contributed by atoms with Crippen LogP contribution in [0.3, 0.4) is 0 Å². The summed E-state index contributed by atoms with van der Waals surface area (Å²) >= 11 is 2.08. The van der Waals surface area contributed by atoms with Gasteiger partial charge in [0.25, 0.3) is 0 Å². The van der Waals surface area contributed by atoms with Gasteiger partial charge in [0.05, 0.1) is 5.69 Å². The van der Waals surface area contributed by atoms with Crippen molar-refractivity contribution in [1.29, 1.82) is 0 Å². The lowest BCUT2D eigenvalue weighted by Gasteiger charge is -2.22. The maximum Gasteiger partial charge on any atom is 0.0964 e. The average Bonchev–Trinajstić information content (AvgIpc) is 2.76. The molecule has 1 aliphatic heterocycles. The molecule has 2 heterocycles. The lowest BCUT2D eigenvalue weighted by Crippen LogP contribution is -2.32. The minimum Gasteiger partial charge on any atom is -0.310 e. The number of aryl methyl sites for hydroxylation is 1. The fourth-order valence-electron chi connectivity index (χ4n) is 1.91. The first-order valence-corrected chi connectivity index (χ1v) is 6.36. The molecule has 1 atom stereocenters. The third-order valence-electron chi connectivity index (χ3n) is 2.76. The minimum absolute atomic E-state index is 0.433. The molecule has 84 valence electrons. The van der Waals surface area contributed by atoms with Crippen molar-refractivity contribution in [2.24, 2.45) is 7.05 Å². The third kappa shape index (κ3) is 2.95. The van der Waals surface area contributed by atoms with Gasteiger partial charge in [0, 0.05) is 31.1 Å². The van der Waals surface area contributed by atoms with E-state index in [0.717, 1.165) is 18.8 Å². The molecule has 0 amide bonds. The van der Waals surface area contributed by atoms with Gasteiger partial charge >= 0.3 is 0 Å². The van der Waals surface area contributed by atoms with Crippen molar-refractivity contribution >= 4 is 11.8 Å². The van der Waals surface area contributed by atoms with E-state index >= 15 is 0 Å². The number of aromatic nitrogens is 3. The Morgan fingerprint density at radius 3 is 3.13 bits per heavy atom. The Morgan fingerprint density at radius 2 is 2.53 bits per heavy atom. The third-order valence-corrected chi connectivity index (χ3v) is 4.29. The molecule has 15 heavy (non-hydrogen) atoms. The van der Waals surface area contributed by atoms with Crippen LogP contribution in [0.25, 0.3) is 0 Å². The second-order valence-electron chi connectivity index (χ2n) is 4.39. The highest BCUT2D eigenvalue weighted by atomic mass is 32.2. The number of nitrogens with one attached hydrogen (secondary N) is 1. The summed E-state index contributed by atoms with van der Waals surface area (Å²) in [5, 5.41) is 11.4. The molecule has 2 rings (SSSR count). The van der Waals surface area contributed by atoms with E-state index in [1.807, 2.05) is 13.2 Å². The molecule has 0 saturated carbocycles. The molecule has 5 heteroatoms. The molecule has 1 aliphatic rings. The molecule has 1 aromatic rings. The van der Waals surface area contributed by atoms with Gasteiger partial charge in [-0.3, -0.25) is 4.68 Å². The van der Waals surface area contributed by atoms with Crippen molar-refractivity contribution in [1.82, 2.24) is 20.3 Å². The van der Waals surface area contributed by atoms with Gasteiger partial charge in [0.1, 0.15) is 0 Å². The van der Waals surface area contributed by atoms with E-state index < -0.39 is 0 Å². The van der Waals surface area contributed by atoms with Gasteiger partial charge in [-0.25, -0.2) is 0 Å². The van der Waals surface area contributed by atoms with Crippen LogP contribution in [0.2, 0.25) is 0 Å². The van der Waals surface area contributed by atoms with Gasteiger partial charge in [-0.05, 0) is 25.5 Å². The number of thioether (sulfide) groups is 1. The number of rotatable bonds is 4. The number of hydrogen-bond acceptors (Lipinski definition) is 4. The molecule has 1 fully saturated rings. The smallest absolute Gasteiger partial charge is 0.0964 e. The standard InChI is InChI=1S/C10H18N4S/c1-10(4-3-5-15-10)8-11-6-9-7-14(2)13-12-9/h7,11H,3-6,8H2,1-2H3. The summed E-state index contributed by atoms with van der Waals surface area (Å²) in [5.74, 6) is 1.31. The summed E-state index contributed by atoms with van der Waals surface area (Å²) in [4.78, 5) is 0. The Morgan fingerprint density at radius 1 is 1.67 bits per heavy atom. The van der Waals surface area contributed by atoms with Crippen molar-refractivity contribution < 1.29 is 0 Å². The molecule has 1 saturated heterocycles. The lowest BCUT2D eigenvalue weighted by atomic mass is 10.1. The highest BCUT2D eigenvalue weighted by Crippen LogP contribution is 2.36. The Kier molecular flexibility index (Phi) is 3.31. The number of nitrogens with zero attached hydrogens (tertiary/aromatic N) is 3. The molecule has 0 spiro atoms. The van der Waals surface area contributed by atoms with Crippen molar-refractivity contribution in [3.05, 3.63) is 11.9 Å². The van der Waals surface area contributed by atoms with Gasteiger partial charge < -0.3 is 5.32 Å². The summed E-state index contributed by atoms with van der Waals surface area (Å²) < 4.78 is 2.17. The second-order valence-corrected chi connectivity index (χ2v) is 6.07. The van der Waals surface area contributed by atoms with Crippen LogP contribution in [-0.4, -0.2) is 32.0 Å². The van der Waals surface area contributed by atoms with E-state index in [4.69, 9.17) is 0 Å².